The molecule has 1 aromatic carbocycles. The highest BCUT2D eigenvalue weighted by atomic mass is 32.2. The first kappa shape index (κ1) is 21.4. The van der Waals surface area contributed by atoms with Gasteiger partial charge in [0.2, 0.25) is 15.9 Å². The number of hydrogen-bond donors (Lipinski definition) is 1. The van der Waals surface area contributed by atoms with Crippen LogP contribution in [0.2, 0.25) is 0 Å². The van der Waals surface area contributed by atoms with Crippen molar-refractivity contribution in [3.8, 4) is 0 Å². The molecular formula is C15H21FN2O5S2. The maximum absolute atomic E-state index is 12.9. The van der Waals surface area contributed by atoms with E-state index in [1.807, 2.05) is 6.26 Å². The lowest BCUT2D eigenvalue weighted by Gasteiger charge is -2.20. The molecule has 0 aliphatic rings. The Morgan fingerprint density at radius 2 is 1.92 bits per heavy atom. The van der Waals surface area contributed by atoms with Crippen molar-refractivity contribution in [3.63, 3.8) is 0 Å². The van der Waals surface area contributed by atoms with E-state index in [2.05, 4.69) is 10.1 Å². The molecule has 0 fully saturated rings. The molecule has 0 aliphatic heterocycles. The first-order valence-electron chi connectivity index (χ1n) is 7.30. The van der Waals surface area contributed by atoms with Crippen LogP contribution >= 0.6 is 11.8 Å². The molecular weight excluding hydrogens is 371 g/mol. The number of nitrogens with one attached hydrogen (secondary N) is 1. The van der Waals surface area contributed by atoms with Gasteiger partial charge in [0.15, 0.2) is 0 Å². The number of thioether (sulfide) groups is 1. The van der Waals surface area contributed by atoms with Crippen LogP contribution in [0.15, 0.2) is 29.2 Å². The van der Waals surface area contributed by atoms with Gasteiger partial charge in [-0.1, -0.05) is 0 Å². The van der Waals surface area contributed by atoms with E-state index in [9.17, 15) is 22.4 Å². The molecule has 0 radical (unpaired) electrons. The largest absolute Gasteiger partial charge is 0.467 e. The molecule has 1 amide bonds. The number of esters is 1. The normalized spacial score (nSPS) is 12.7. The summed E-state index contributed by atoms with van der Waals surface area (Å²) in [5.41, 5.74) is 0. The number of rotatable bonds is 9. The number of carbonyl (C=O) groups excluding carboxylic acids is 2. The summed E-state index contributed by atoms with van der Waals surface area (Å²) in [4.78, 5) is 23.6. The maximum Gasteiger partial charge on any atom is 0.328 e. The smallest absolute Gasteiger partial charge is 0.328 e. The molecule has 10 heteroatoms. The van der Waals surface area contributed by atoms with E-state index in [1.54, 1.807) is 0 Å². The number of amides is 1. The molecule has 7 nitrogen and oxygen atoms in total. The van der Waals surface area contributed by atoms with E-state index in [-0.39, 0.29) is 4.90 Å². The SMILES string of the molecule is COC(=O)[C@@H](CCSC)NC(=O)CN(C)S(=O)(=O)c1ccc(F)cc1. The lowest BCUT2D eigenvalue weighted by molar-refractivity contribution is -0.145. The van der Waals surface area contributed by atoms with Crippen molar-refractivity contribution in [1.82, 2.24) is 9.62 Å². The summed E-state index contributed by atoms with van der Waals surface area (Å²) < 4.78 is 43.1. The van der Waals surface area contributed by atoms with Crippen molar-refractivity contribution in [1.29, 1.82) is 0 Å². The molecule has 0 heterocycles. The average Bonchev–Trinajstić information content (AvgIpc) is 2.58. The highest BCUT2D eigenvalue weighted by Crippen LogP contribution is 2.14. The minimum atomic E-state index is -3.94. The Morgan fingerprint density at radius 3 is 2.44 bits per heavy atom. The zero-order valence-electron chi connectivity index (χ0n) is 14.2. The zero-order chi connectivity index (χ0) is 19.0. The fourth-order valence-electron chi connectivity index (χ4n) is 1.94. The fourth-order valence-corrected chi connectivity index (χ4v) is 3.54. The number of likely N-dealkylation sites (N-methyl/N-ethyl adjacent to an activating group) is 1. The van der Waals surface area contributed by atoms with Gasteiger partial charge in [-0.15, -0.1) is 0 Å². The van der Waals surface area contributed by atoms with E-state index in [0.29, 0.717) is 12.2 Å². The van der Waals surface area contributed by atoms with E-state index in [0.717, 1.165) is 28.6 Å². The van der Waals surface area contributed by atoms with Crippen LogP contribution in [-0.4, -0.2) is 63.4 Å². The van der Waals surface area contributed by atoms with Gasteiger partial charge in [0, 0.05) is 7.05 Å². The monoisotopic (exact) mass is 392 g/mol. The molecule has 0 spiro atoms. The van der Waals surface area contributed by atoms with Gasteiger partial charge >= 0.3 is 5.97 Å². The Hall–Kier alpha value is -1.65. The average molecular weight is 392 g/mol. The molecule has 1 N–H and O–H groups in total. The van der Waals surface area contributed by atoms with Gasteiger partial charge in [-0.2, -0.15) is 16.1 Å². The third kappa shape index (κ3) is 6.29. The van der Waals surface area contributed by atoms with Gasteiger partial charge in [0.05, 0.1) is 18.6 Å². The minimum absolute atomic E-state index is 0.129. The van der Waals surface area contributed by atoms with Crippen LogP contribution in [0.1, 0.15) is 6.42 Å². The van der Waals surface area contributed by atoms with Crippen molar-refractivity contribution in [3.05, 3.63) is 30.1 Å². The Morgan fingerprint density at radius 1 is 1.32 bits per heavy atom. The summed E-state index contributed by atoms with van der Waals surface area (Å²) >= 11 is 1.51. The van der Waals surface area contributed by atoms with Gasteiger partial charge in [0.1, 0.15) is 11.9 Å². The number of hydrogen-bond acceptors (Lipinski definition) is 6. The van der Waals surface area contributed by atoms with E-state index < -0.39 is 40.3 Å². The van der Waals surface area contributed by atoms with Gasteiger partial charge in [-0.25, -0.2) is 17.6 Å². The van der Waals surface area contributed by atoms with Gasteiger partial charge < -0.3 is 10.1 Å². The maximum atomic E-state index is 12.9. The summed E-state index contributed by atoms with van der Waals surface area (Å²) in [5.74, 6) is -1.16. The Balaban J connectivity index is 2.76. The summed E-state index contributed by atoms with van der Waals surface area (Å²) in [6, 6.07) is 3.45. The van der Waals surface area contributed by atoms with Gasteiger partial charge in [-0.3, -0.25) is 4.79 Å². The third-order valence-electron chi connectivity index (χ3n) is 3.32. The van der Waals surface area contributed by atoms with Crippen LogP contribution in [0.5, 0.6) is 0 Å². The van der Waals surface area contributed by atoms with Crippen molar-refractivity contribution < 1.29 is 27.1 Å². The van der Waals surface area contributed by atoms with Crippen LogP contribution in [0.25, 0.3) is 0 Å². The van der Waals surface area contributed by atoms with E-state index in [1.165, 1.54) is 25.9 Å². The summed E-state index contributed by atoms with van der Waals surface area (Å²) in [5, 5.41) is 2.47. The van der Waals surface area contributed by atoms with Crippen molar-refractivity contribution >= 4 is 33.7 Å². The third-order valence-corrected chi connectivity index (χ3v) is 5.78. The Kier molecular flexibility index (Phi) is 8.33. The molecule has 1 atom stereocenters. The second kappa shape index (κ2) is 9.73. The van der Waals surface area contributed by atoms with Crippen LogP contribution in [-0.2, 0) is 24.3 Å². The first-order chi connectivity index (χ1) is 11.7. The second-order valence-electron chi connectivity index (χ2n) is 5.14. The second-order valence-corrected chi connectivity index (χ2v) is 8.17. The van der Waals surface area contributed by atoms with Crippen molar-refractivity contribution in [2.75, 3.05) is 32.7 Å². The first-order valence-corrected chi connectivity index (χ1v) is 10.1. The molecule has 25 heavy (non-hydrogen) atoms. The number of nitrogens with zero attached hydrogens (tertiary/aromatic N) is 1. The highest BCUT2D eigenvalue weighted by Gasteiger charge is 2.26. The molecule has 1 aromatic rings. The van der Waals surface area contributed by atoms with Crippen LogP contribution in [0.4, 0.5) is 4.39 Å². The highest BCUT2D eigenvalue weighted by molar-refractivity contribution is 7.98. The van der Waals surface area contributed by atoms with E-state index in [4.69, 9.17) is 0 Å². The van der Waals surface area contributed by atoms with Crippen molar-refractivity contribution in [2.24, 2.45) is 0 Å². The fraction of sp³-hybridized carbons (Fsp3) is 0.467. The standard InChI is InChI=1S/C15H21FN2O5S2/c1-18(25(21,22)12-6-4-11(16)5-7-12)10-14(19)17-13(8-9-24-3)15(20)23-2/h4-7,13H,8-10H2,1-3H3,(H,17,19)/t13-/m1/s1. The predicted octanol–water partition coefficient (Wildman–Crippen LogP) is 0.857. The molecule has 0 saturated carbocycles. The Bertz CT molecular complexity index is 694. The van der Waals surface area contributed by atoms with Gasteiger partial charge in [0.25, 0.3) is 0 Å². The molecule has 0 unspecified atom stereocenters. The summed E-state index contributed by atoms with van der Waals surface area (Å²) in [6.07, 6.45) is 2.23. The molecule has 1 rings (SSSR count). The molecule has 0 aromatic heterocycles. The van der Waals surface area contributed by atoms with Crippen LogP contribution < -0.4 is 5.32 Å². The molecule has 0 saturated heterocycles. The lowest BCUT2D eigenvalue weighted by atomic mass is 10.2. The predicted molar refractivity (Wildman–Crippen MR) is 93.2 cm³/mol. The van der Waals surface area contributed by atoms with Crippen molar-refractivity contribution in [2.45, 2.75) is 17.4 Å². The zero-order valence-corrected chi connectivity index (χ0v) is 15.8. The van der Waals surface area contributed by atoms with Crippen LogP contribution in [0, 0.1) is 5.82 Å². The number of carbonyl (C=O) groups is 2. The summed E-state index contributed by atoms with van der Waals surface area (Å²) in [7, 11) is -1.50. The molecule has 140 valence electrons. The Labute approximate surface area is 151 Å². The molecule has 0 bridgehead atoms. The van der Waals surface area contributed by atoms with E-state index >= 15 is 0 Å². The minimum Gasteiger partial charge on any atom is -0.467 e. The number of benzene rings is 1. The number of methoxy groups -OCH3 is 1. The quantitative estimate of drug-likeness (QED) is 0.627. The summed E-state index contributed by atoms with van der Waals surface area (Å²) in [6.45, 7) is -0.480. The number of ether oxygens (including phenoxy) is 1. The topological polar surface area (TPSA) is 92.8 Å². The molecule has 0 aliphatic carbocycles. The number of sulfonamides is 1. The van der Waals surface area contributed by atoms with Crippen LogP contribution in [0.3, 0.4) is 0 Å². The number of halogens is 1. The lowest BCUT2D eigenvalue weighted by Crippen LogP contribution is -2.46. The van der Waals surface area contributed by atoms with Gasteiger partial charge in [-0.05, 0) is 42.7 Å².